The highest BCUT2D eigenvalue weighted by atomic mass is 16.5. The Balaban J connectivity index is 1.54. The molecular formula is C25H32N2O4. The van der Waals surface area contributed by atoms with Crippen molar-refractivity contribution in [2.75, 3.05) is 27.3 Å². The molecular weight excluding hydrogens is 392 g/mol. The van der Waals surface area contributed by atoms with E-state index >= 15 is 0 Å². The number of nitrogens with zero attached hydrogens (tertiary/aromatic N) is 1. The van der Waals surface area contributed by atoms with Crippen LogP contribution in [0.4, 0.5) is 0 Å². The summed E-state index contributed by atoms with van der Waals surface area (Å²) in [5.74, 6) is 2.12. The molecule has 1 saturated heterocycles. The van der Waals surface area contributed by atoms with Crippen molar-refractivity contribution in [3.63, 3.8) is 0 Å². The molecule has 6 heteroatoms. The van der Waals surface area contributed by atoms with Crippen LogP contribution in [-0.4, -0.2) is 44.0 Å². The summed E-state index contributed by atoms with van der Waals surface area (Å²) in [6.07, 6.45) is 3.26. The van der Waals surface area contributed by atoms with Gasteiger partial charge in [-0.2, -0.15) is 0 Å². The molecule has 0 bridgehead atoms. The van der Waals surface area contributed by atoms with Gasteiger partial charge in [-0.25, -0.2) is 0 Å². The Morgan fingerprint density at radius 2 is 1.52 bits per heavy atom. The van der Waals surface area contributed by atoms with Crippen LogP contribution in [0.25, 0.3) is 0 Å². The second kappa shape index (κ2) is 10.8. The Bertz CT molecular complexity index is 856. The molecule has 0 radical (unpaired) electrons. The SMILES string of the molecule is COc1ccc(CC2CCN(C(=O)CC(NC(C)=O)c3ccc(OC)cc3)CC2)cc1. The summed E-state index contributed by atoms with van der Waals surface area (Å²) in [7, 11) is 3.29. The quantitative estimate of drug-likeness (QED) is 0.701. The molecule has 2 amide bonds. The lowest BCUT2D eigenvalue weighted by Gasteiger charge is -2.33. The van der Waals surface area contributed by atoms with Crippen LogP contribution in [0.5, 0.6) is 11.5 Å². The van der Waals surface area contributed by atoms with Crippen molar-refractivity contribution in [1.29, 1.82) is 0 Å². The average molecular weight is 425 g/mol. The van der Waals surface area contributed by atoms with Gasteiger partial charge in [-0.15, -0.1) is 0 Å². The number of rotatable bonds is 8. The minimum atomic E-state index is -0.340. The zero-order chi connectivity index (χ0) is 22.2. The third-order valence-electron chi connectivity index (χ3n) is 5.93. The second-order valence-electron chi connectivity index (χ2n) is 8.11. The van der Waals surface area contributed by atoms with E-state index in [2.05, 4.69) is 17.4 Å². The highest BCUT2D eigenvalue weighted by molar-refractivity contribution is 5.79. The van der Waals surface area contributed by atoms with Crippen LogP contribution in [0.1, 0.15) is 43.4 Å². The zero-order valence-electron chi connectivity index (χ0n) is 18.6. The van der Waals surface area contributed by atoms with Gasteiger partial charge in [0, 0.05) is 20.0 Å². The first-order valence-corrected chi connectivity index (χ1v) is 10.8. The van der Waals surface area contributed by atoms with E-state index in [0.29, 0.717) is 5.92 Å². The topological polar surface area (TPSA) is 67.9 Å². The molecule has 1 atom stereocenters. The summed E-state index contributed by atoms with van der Waals surface area (Å²) in [6.45, 7) is 3.00. The maximum Gasteiger partial charge on any atom is 0.224 e. The van der Waals surface area contributed by atoms with E-state index in [1.165, 1.54) is 12.5 Å². The van der Waals surface area contributed by atoms with Crippen LogP contribution in [0, 0.1) is 5.92 Å². The van der Waals surface area contributed by atoms with Crippen molar-refractivity contribution in [3.05, 3.63) is 59.7 Å². The number of methoxy groups -OCH3 is 2. The third kappa shape index (κ3) is 6.48. The molecule has 1 fully saturated rings. The minimum Gasteiger partial charge on any atom is -0.497 e. The Morgan fingerprint density at radius 3 is 2.03 bits per heavy atom. The van der Waals surface area contributed by atoms with Gasteiger partial charge in [0.1, 0.15) is 11.5 Å². The van der Waals surface area contributed by atoms with E-state index in [1.54, 1.807) is 14.2 Å². The zero-order valence-corrected chi connectivity index (χ0v) is 18.6. The van der Waals surface area contributed by atoms with Gasteiger partial charge in [-0.3, -0.25) is 9.59 Å². The fraction of sp³-hybridized carbons (Fsp3) is 0.440. The van der Waals surface area contributed by atoms with Crippen molar-refractivity contribution in [2.45, 2.75) is 38.6 Å². The number of likely N-dealkylation sites (tertiary alicyclic amines) is 1. The predicted molar refractivity (Wildman–Crippen MR) is 120 cm³/mol. The molecule has 1 N–H and O–H groups in total. The molecule has 0 saturated carbocycles. The van der Waals surface area contributed by atoms with E-state index in [4.69, 9.17) is 9.47 Å². The van der Waals surface area contributed by atoms with Gasteiger partial charge < -0.3 is 19.7 Å². The molecule has 1 unspecified atom stereocenters. The monoisotopic (exact) mass is 424 g/mol. The maximum atomic E-state index is 13.0. The lowest BCUT2D eigenvalue weighted by molar-refractivity contribution is -0.133. The lowest BCUT2D eigenvalue weighted by Crippen LogP contribution is -2.41. The summed E-state index contributed by atoms with van der Waals surface area (Å²) < 4.78 is 10.4. The second-order valence-corrected chi connectivity index (χ2v) is 8.11. The molecule has 1 aliphatic rings. The van der Waals surface area contributed by atoms with Crippen molar-refractivity contribution in [3.8, 4) is 11.5 Å². The first-order chi connectivity index (χ1) is 15.0. The number of carbonyl (C=O) groups excluding carboxylic acids is 2. The van der Waals surface area contributed by atoms with Crippen LogP contribution in [0.2, 0.25) is 0 Å². The molecule has 0 aromatic heterocycles. The fourth-order valence-electron chi connectivity index (χ4n) is 4.12. The summed E-state index contributed by atoms with van der Waals surface area (Å²) in [4.78, 5) is 26.6. The Morgan fingerprint density at radius 1 is 0.968 bits per heavy atom. The largest absolute Gasteiger partial charge is 0.497 e. The molecule has 166 valence electrons. The summed E-state index contributed by atoms with van der Waals surface area (Å²) in [5, 5.41) is 2.92. The van der Waals surface area contributed by atoms with Crippen LogP contribution in [0.15, 0.2) is 48.5 Å². The molecule has 0 aliphatic carbocycles. The van der Waals surface area contributed by atoms with Crippen LogP contribution >= 0.6 is 0 Å². The molecule has 31 heavy (non-hydrogen) atoms. The molecule has 6 nitrogen and oxygen atoms in total. The predicted octanol–water partition coefficient (Wildman–Crippen LogP) is 3.75. The van der Waals surface area contributed by atoms with Gasteiger partial charge in [0.25, 0.3) is 0 Å². The molecule has 0 spiro atoms. The minimum absolute atomic E-state index is 0.0810. The molecule has 3 rings (SSSR count). The first-order valence-electron chi connectivity index (χ1n) is 10.8. The van der Waals surface area contributed by atoms with Gasteiger partial charge in [0.15, 0.2) is 0 Å². The van der Waals surface area contributed by atoms with Crippen molar-refractivity contribution in [1.82, 2.24) is 10.2 Å². The maximum absolute atomic E-state index is 13.0. The standard InChI is InChI=1S/C25H32N2O4/c1-18(28)26-24(21-6-10-23(31-3)11-7-21)17-25(29)27-14-12-20(13-15-27)16-19-4-8-22(30-2)9-5-19/h4-11,20,24H,12-17H2,1-3H3,(H,26,28). The van der Waals surface area contributed by atoms with Gasteiger partial charge in [0.05, 0.1) is 26.7 Å². The number of carbonyl (C=O) groups is 2. The van der Waals surface area contributed by atoms with E-state index < -0.39 is 0 Å². The summed E-state index contributed by atoms with van der Waals surface area (Å²) in [5.41, 5.74) is 2.20. The van der Waals surface area contributed by atoms with Gasteiger partial charge in [-0.1, -0.05) is 24.3 Å². The van der Waals surface area contributed by atoms with E-state index in [1.807, 2.05) is 41.3 Å². The van der Waals surface area contributed by atoms with Gasteiger partial charge >= 0.3 is 0 Å². The first kappa shape index (κ1) is 22.7. The van der Waals surface area contributed by atoms with Crippen molar-refractivity contribution in [2.24, 2.45) is 5.92 Å². The summed E-state index contributed by atoms with van der Waals surface area (Å²) in [6, 6.07) is 15.4. The van der Waals surface area contributed by atoms with Crippen LogP contribution < -0.4 is 14.8 Å². The Kier molecular flexibility index (Phi) is 7.93. The molecule has 2 aromatic rings. The van der Waals surface area contributed by atoms with E-state index in [9.17, 15) is 9.59 Å². The third-order valence-corrected chi connectivity index (χ3v) is 5.93. The highest BCUT2D eigenvalue weighted by Gasteiger charge is 2.26. The highest BCUT2D eigenvalue weighted by Crippen LogP contribution is 2.26. The smallest absolute Gasteiger partial charge is 0.224 e. The normalized spacial score (nSPS) is 15.3. The number of ether oxygens (including phenoxy) is 2. The number of hydrogen-bond acceptors (Lipinski definition) is 4. The average Bonchev–Trinajstić information content (AvgIpc) is 2.79. The molecule has 1 aliphatic heterocycles. The van der Waals surface area contributed by atoms with E-state index in [0.717, 1.165) is 49.4 Å². The fourth-order valence-corrected chi connectivity index (χ4v) is 4.12. The Labute approximate surface area is 184 Å². The molecule has 1 heterocycles. The number of hydrogen-bond donors (Lipinski definition) is 1. The number of piperidine rings is 1. The number of nitrogens with one attached hydrogen (secondary N) is 1. The van der Waals surface area contributed by atoms with Crippen LogP contribution in [-0.2, 0) is 16.0 Å². The van der Waals surface area contributed by atoms with Crippen LogP contribution in [0.3, 0.4) is 0 Å². The number of benzene rings is 2. The Hall–Kier alpha value is -3.02. The number of amides is 2. The molecule has 2 aromatic carbocycles. The van der Waals surface area contributed by atoms with Gasteiger partial charge in [-0.05, 0) is 60.6 Å². The summed E-state index contributed by atoms with van der Waals surface area (Å²) >= 11 is 0. The lowest BCUT2D eigenvalue weighted by atomic mass is 9.90. The van der Waals surface area contributed by atoms with E-state index in [-0.39, 0.29) is 24.3 Å². The van der Waals surface area contributed by atoms with Gasteiger partial charge in [0.2, 0.25) is 11.8 Å². The van der Waals surface area contributed by atoms with Crippen molar-refractivity contribution >= 4 is 11.8 Å². The van der Waals surface area contributed by atoms with Crippen molar-refractivity contribution < 1.29 is 19.1 Å².